The fourth-order valence-electron chi connectivity index (χ4n) is 2.13. The lowest BCUT2D eigenvalue weighted by Gasteiger charge is -2.16. The maximum absolute atomic E-state index is 11.4. The van der Waals surface area contributed by atoms with E-state index in [4.69, 9.17) is 20.7 Å². The van der Waals surface area contributed by atoms with E-state index in [1.165, 1.54) is 6.07 Å². The zero-order chi connectivity index (χ0) is 15.0. The highest BCUT2D eigenvalue weighted by Crippen LogP contribution is 2.48. The van der Waals surface area contributed by atoms with Gasteiger partial charge in [0.15, 0.2) is 0 Å². The first kappa shape index (κ1) is 15.1. The first-order chi connectivity index (χ1) is 9.27. The molecule has 2 rings (SSSR count). The molecule has 1 aromatic rings. The molecule has 108 valence electrons. The topological polar surface area (TPSA) is 67.2 Å². The summed E-state index contributed by atoms with van der Waals surface area (Å²) in [6, 6.07) is 5.40. The Morgan fingerprint density at radius 3 is 2.50 bits per heavy atom. The molecule has 0 bridgehead atoms. The summed E-state index contributed by atoms with van der Waals surface area (Å²) in [5.41, 5.74) is 1.28. The molecule has 1 saturated carbocycles. The van der Waals surface area contributed by atoms with Crippen molar-refractivity contribution >= 4 is 19.7 Å². The number of ether oxygens (including phenoxy) is 1. The van der Waals surface area contributed by atoms with Gasteiger partial charge in [0.2, 0.25) is 0 Å². The zero-order valence-corrected chi connectivity index (χ0v) is 13.0. The van der Waals surface area contributed by atoms with Gasteiger partial charge in [0.1, 0.15) is 5.75 Å². The number of halogens is 1. The van der Waals surface area contributed by atoms with Gasteiger partial charge in [-0.1, -0.05) is 0 Å². The van der Waals surface area contributed by atoms with Gasteiger partial charge < -0.3 is 4.74 Å². The van der Waals surface area contributed by atoms with Crippen LogP contribution in [0.5, 0.6) is 5.75 Å². The van der Waals surface area contributed by atoms with Crippen LogP contribution in [0, 0.1) is 30.6 Å². The van der Waals surface area contributed by atoms with Gasteiger partial charge in [-0.2, -0.15) is 5.26 Å². The highest BCUT2D eigenvalue weighted by molar-refractivity contribution is 8.13. The summed E-state index contributed by atoms with van der Waals surface area (Å²) in [4.78, 5) is 0.113. The van der Waals surface area contributed by atoms with E-state index >= 15 is 0 Å². The lowest BCUT2D eigenvalue weighted by molar-refractivity contribution is 0.235. The van der Waals surface area contributed by atoms with Crippen LogP contribution in [0.1, 0.15) is 30.4 Å². The fourth-order valence-corrected chi connectivity index (χ4v) is 3.39. The minimum atomic E-state index is -3.74. The van der Waals surface area contributed by atoms with Crippen molar-refractivity contribution in [3.63, 3.8) is 0 Å². The fraction of sp³-hybridized carbons (Fsp3) is 0.500. The Hall–Kier alpha value is -1.25. The van der Waals surface area contributed by atoms with Crippen LogP contribution < -0.4 is 4.74 Å². The molecule has 1 fully saturated rings. The highest BCUT2D eigenvalue weighted by atomic mass is 35.7. The maximum Gasteiger partial charge on any atom is 0.261 e. The molecule has 4 nitrogen and oxygen atoms in total. The number of aryl methyl sites for hydroxylation is 2. The monoisotopic (exact) mass is 313 g/mol. The third kappa shape index (κ3) is 3.25. The normalized spacial score (nSPS) is 16.5. The Bertz CT molecular complexity index is 672. The number of benzene rings is 1. The van der Waals surface area contributed by atoms with Crippen LogP contribution in [-0.4, -0.2) is 15.0 Å². The van der Waals surface area contributed by atoms with Crippen LogP contribution in [0.15, 0.2) is 17.0 Å². The minimum Gasteiger partial charge on any atom is -0.493 e. The van der Waals surface area contributed by atoms with E-state index in [1.54, 1.807) is 19.9 Å². The van der Waals surface area contributed by atoms with Crippen LogP contribution in [-0.2, 0) is 9.05 Å². The first-order valence-electron chi connectivity index (χ1n) is 6.33. The summed E-state index contributed by atoms with van der Waals surface area (Å²) >= 11 is 0. The van der Waals surface area contributed by atoms with Gasteiger partial charge in [0.25, 0.3) is 9.05 Å². The Labute approximate surface area is 123 Å². The van der Waals surface area contributed by atoms with Crippen molar-refractivity contribution in [3.8, 4) is 11.8 Å². The molecule has 0 aliphatic heterocycles. The Morgan fingerprint density at radius 2 is 2.00 bits per heavy atom. The largest absolute Gasteiger partial charge is 0.493 e. The molecular weight excluding hydrogens is 298 g/mol. The average molecular weight is 314 g/mol. The van der Waals surface area contributed by atoms with Gasteiger partial charge in [0.05, 0.1) is 17.6 Å². The molecule has 20 heavy (non-hydrogen) atoms. The summed E-state index contributed by atoms with van der Waals surface area (Å²) in [5, 5.41) is 8.78. The van der Waals surface area contributed by atoms with Crippen molar-refractivity contribution < 1.29 is 13.2 Å². The third-order valence-corrected chi connectivity index (χ3v) is 5.14. The first-order valence-corrected chi connectivity index (χ1v) is 8.64. The van der Waals surface area contributed by atoms with Crippen molar-refractivity contribution in [2.75, 3.05) is 6.61 Å². The Morgan fingerprint density at radius 1 is 1.35 bits per heavy atom. The molecule has 0 radical (unpaired) electrons. The SMILES string of the molecule is Cc1cc(S(=O)(=O)Cl)c(C)cc1OCC1(CC#N)CC1. The van der Waals surface area contributed by atoms with Gasteiger partial charge >= 0.3 is 0 Å². The lowest BCUT2D eigenvalue weighted by Crippen LogP contribution is -2.13. The smallest absolute Gasteiger partial charge is 0.261 e. The quantitative estimate of drug-likeness (QED) is 0.782. The van der Waals surface area contributed by atoms with E-state index < -0.39 is 9.05 Å². The van der Waals surface area contributed by atoms with Gasteiger partial charge in [-0.25, -0.2) is 8.42 Å². The van der Waals surface area contributed by atoms with Crippen molar-refractivity contribution in [2.45, 2.75) is 38.0 Å². The standard InChI is InChI=1S/C14H16ClNO3S/c1-10-8-13(20(15,17)18)11(2)7-12(10)19-9-14(3-4-14)5-6-16/h7-8H,3-5,9H2,1-2H3. The van der Waals surface area contributed by atoms with E-state index in [9.17, 15) is 8.42 Å². The molecule has 1 aromatic carbocycles. The van der Waals surface area contributed by atoms with Crippen molar-refractivity contribution in [1.29, 1.82) is 5.26 Å². The molecule has 0 saturated heterocycles. The van der Waals surface area contributed by atoms with Gasteiger partial charge in [-0.15, -0.1) is 0 Å². The molecule has 0 atom stereocenters. The number of nitrogens with zero attached hydrogens (tertiary/aromatic N) is 1. The van der Waals surface area contributed by atoms with Gasteiger partial charge in [-0.05, 0) is 49.9 Å². The van der Waals surface area contributed by atoms with Crippen LogP contribution in [0.4, 0.5) is 0 Å². The summed E-state index contributed by atoms with van der Waals surface area (Å²) < 4.78 is 28.6. The van der Waals surface area contributed by atoms with E-state index in [0.29, 0.717) is 24.3 Å². The maximum atomic E-state index is 11.4. The third-order valence-electron chi connectivity index (χ3n) is 3.68. The molecule has 0 spiro atoms. The van der Waals surface area contributed by atoms with Crippen LogP contribution in [0.2, 0.25) is 0 Å². The molecule has 0 unspecified atom stereocenters. The Balaban J connectivity index is 2.18. The van der Waals surface area contributed by atoms with Crippen LogP contribution in [0.3, 0.4) is 0 Å². The molecular formula is C14H16ClNO3S. The molecule has 0 N–H and O–H groups in total. The molecule has 0 aromatic heterocycles. The summed E-state index contributed by atoms with van der Waals surface area (Å²) in [6.45, 7) is 3.96. The van der Waals surface area contributed by atoms with Crippen LogP contribution in [0.25, 0.3) is 0 Å². The van der Waals surface area contributed by atoms with Crippen molar-refractivity contribution in [1.82, 2.24) is 0 Å². The second-order valence-corrected chi connectivity index (χ2v) is 7.98. The molecule has 0 amide bonds. The number of hydrogen-bond donors (Lipinski definition) is 0. The number of hydrogen-bond acceptors (Lipinski definition) is 4. The van der Waals surface area contributed by atoms with E-state index in [1.807, 2.05) is 0 Å². The summed E-state index contributed by atoms with van der Waals surface area (Å²) in [7, 11) is 1.65. The van der Waals surface area contributed by atoms with Gasteiger partial charge in [-0.3, -0.25) is 0 Å². The highest BCUT2D eigenvalue weighted by Gasteiger charge is 2.43. The molecule has 1 aliphatic carbocycles. The second-order valence-electron chi connectivity index (χ2n) is 5.44. The number of nitriles is 1. The minimum absolute atomic E-state index is 0.00761. The van der Waals surface area contributed by atoms with Gasteiger partial charge in [0, 0.05) is 22.5 Å². The Kier molecular flexibility index (Phi) is 3.99. The molecule has 6 heteroatoms. The summed E-state index contributed by atoms with van der Waals surface area (Å²) in [5.74, 6) is 0.649. The summed E-state index contributed by atoms with van der Waals surface area (Å²) in [6.07, 6.45) is 2.51. The molecule has 0 heterocycles. The molecule has 1 aliphatic rings. The lowest BCUT2D eigenvalue weighted by atomic mass is 10.1. The number of rotatable bonds is 5. The van der Waals surface area contributed by atoms with Crippen molar-refractivity contribution in [3.05, 3.63) is 23.3 Å². The van der Waals surface area contributed by atoms with Crippen molar-refractivity contribution in [2.24, 2.45) is 5.41 Å². The van der Waals surface area contributed by atoms with Crippen LogP contribution >= 0.6 is 10.7 Å². The van der Waals surface area contributed by atoms with E-state index in [-0.39, 0.29) is 10.3 Å². The predicted molar refractivity (Wildman–Crippen MR) is 76.3 cm³/mol. The second kappa shape index (κ2) is 5.27. The van der Waals surface area contributed by atoms with E-state index in [2.05, 4.69) is 6.07 Å². The average Bonchev–Trinajstić information content (AvgIpc) is 3.09. The van der Waals surface area contributed by atoms with E-state index in [0.717, 1.165) is 18.4 Å². The zero-order valence-electron chi connectivity index (χ0n) is 11.4. The predicted octanol–water partition coefficient (Wildman–Crippen LogP) is 3.30.